The summed E-state index contributed by atoms with van der Waals surface area (Å²) in [5.41, 5.74) is -0.577. The van der Waals surface area contributed by atoms with Crippen molar-refractivity contribution in [1.82, 2.24) is 4.90 Å². The minimum absolute atomic E-state index is 0.185. The minimum Gasteiger partial charge on any atom is -0.480 e. The molecular formula is C12H21NO5S. The highest BCUT2D eigenvalue weighted by molar-refractivity contribution is 7.86. The number of hydrogen-bond acceptors (Lipinski definition) is 4. The molecule has 0 aromatic rings. The molecule has 1 N–H and O–H groups in total. The lowest BCUT2D eigenvalue weighted by atomic mass is 9.96. The van der Waals surface area contributed by atoms with Crippen LogP contribution in [0.4, 0.5) is 4.79 Å². The van der Waals surface area contributed by atoms with Crippen molar-refractivity contribution in [2.75, 3.05) is 19.3 Å². The van der Waals surface area contributed by atoms with E-state index in [4.69, 9.17) is 4.74 Å². The van der Waals surface area contributed by atoms with Crippen molar-refractivity contribution in [3.63, 3.8) is 0 Å². The maximum absolute atomic E-state index is 11.8. The second-order valence-corrected chi connectivity index (χ2v) is 7.41. The van der Waals surface area contributed by atoms with E-state index in [0.717, 1.165) is 0 Å². The molecule has 0 spiro atoms. The van der Waals surface area contributed by atoms with Gasteiger partial charge in [0.25, 0.3) is 0 Å². The lowest BCUT2D eigenvalue weighted by Gasteiger charge is -2.37. The van der Waals surface area contributed by atoms with E-state index < -0.39 is 33.2 Å². The van der Waals surface area contributed by atoms with E-state index in [-0.39, 0.29) is 25.9 Å². The Labute approximate surface area is 115 Å². The van der Waals surface area contributed by atoms with Crippen LogP contribution in [0.15, 0.2) is 0 Å². The number of amides is 1. The molecule has 0 aromatic heterocycles. The molecule has 0 saturated carbocycles. The summed E-state index contributed by atoms with van der Waals surface area (Å²) >= 11 is 0. The van der Waals surface area contributed by atoms with Crippen LogP contribution < -0.4 is 0 Å². The molecular weight excluding hydrogens is 270 g/mol. The molecule has 0 aromatic carbocycles. The topological polar surface area (TPSA) is 83.9 Å². The third-order valence-corrected chi connectivity index (χ3v) is 4.85. The highest BCUT2D eigenvalue weighted by Gasteiger charge is 2.46. The number of carboxylic acids is 1. The van der Waals surface area contributed by atoms with Gasteiger partial charge in [-0.3, -0.25) is 9.00 Å². The van der Waals surface area contributed by atoms with Gasteiger partial charge in [0, 0.05) is 30.1 Å². The van der Waals surface area contributed by atoms with E-state index in [0.29, 0.717) is 0 Å². The average Bonchev–Trinajstić information content (AvgIpc) is 2.26. The van der Waals surface area contributed by atoms with E-state index in [1.54, 1.807) is 20.8 Å². The van der Waals surface area contributed by atoms with E-state index in [1.165, 1.54) is 11.2 Å². The molecule has 1 rings (SSSR count). The van der Waals surface area contributed by atoms with Crippen molar-refractivity contribution in [2.45, 2.75) is 44.0 Å². The molecule has 110 valence electrons. The Morgan fingerprint density at radius 2 is 1.74 bits per heavy atom. The van der Waals surface area contributed by atoms with Crippen molar-refractivity contribution < 1.29 is 23.6 Å². The van der Waals surface area contributed by atoms with E-state index in [1.807, 2.05) is 0 Å². The molecule has 1 saturated heterocycles. The molecule has 1 fully saturated rings. The zero-order chi connectivity index (χ0) is 14.8. The van der Waals surface area contributed by atoms with Gasteiger partial charge in [-0.25, -0.2) is 4.79 Å². The Morgan fingerprint density at radius 1 is 1.26 bits per heavy atom. The zero-order valence-electron chi connectivity index (χ0n) is 11.8. The molecule has 1 unspecified atom stereocenters. The Hall–Kier alpha value is -1.11. The second kappa shape index (κ2) is 5.48. The van der Waals surface area contributed by atoms with E-state index in [9.17, 15) is 18.9 Å². The van der Waals surface area contributed by atoms with Gasteiger partial charge < -0.3 is 14.7 Å². The predicted octanol–water partition coefficient (Wildman–Crippen LogP) is 1.22. The molecule has 1 aliphatic rings. The van der Waals surface area contributed by atoms with Crippen molar-refractivity contribution in [3.05, 3.63) is 0 Å². The van der Waals surface area contributed by atoms with Crippen LogP contribution in [-0.2, 0) is 20.3 Å². The lowest BCUT2D eigenvalue weighted by Crippen LogP contribution is -2.53. The van der Waals surface area contributed by atoms with Crippen molar-refractivity contribution in [1.29, 1.82) is 0 Å². The number of rotatable bonds is 2. The first-order chi connectivity index (χ1) is 8.58. The number of aliphatic carboxylic acids is 1. The fraction of sp³-hybridized carbons (Fsp3) is 0.833. The number of hydrogen-bond donors (Lipinski definition) is 1. The van der Waals surface area contributed by atoms with Gasteiger partial charge in [0.1, 0.15) is 10.3 Å². The lowest BCUT2D eigenvalue weighted by molar-refractivity contribution is -0.141. The Bertz CT molecular complexity index is 377. The van der Waals surface area contributed by atoms with Crippen molar-refractivity contribution in [3.8, 4) is 0 Å². The second-order valence-electron chi connectivity index (χ2n) is 5.72. The number of ether oxygens (including phenoxy) is 1. The molecule has 1 heterocycles. The van der Waals surface area contributed by atoms with Gasteiger partial charge >= 0.3 is 12.1 Å². The van der Waals surface area contributed by atoms with Gasteiger partial charge in [0.2, 0.25) is 0 Å². The number of carbonyl (C=O) groups is 2. The first kappa shape index (κ1) is 15.9. The van der Waals surface area contributed by atoms with Gasteiger partial charge in [-0.1, -0.05) is 0 Å². The van der Waals surface area contributed by atoms with Crippen LogP contribution in [-0.4, -0.2) is 56.0 Å². The highest BCUT2D eigenvalue weighted by Crippen LogP contribution is 2.29. The van der Waals surface area contributed by atoms with Crippen LogP contribution in [0.1, 0.15) is 33.6 Å². The van der Waals surface area contributed by atoms with E-state index >= 15 is 0 Å². The van der Waals surface area contributed by atoms with Crippen LogP contribution in [0.5, 0.6) is 0 Å². The Morgan fingerprint density at radius 3 is 2.05 bits per heavy atom. The summed E-state index contributed by atoms with van der Waals surface area (Å²) in [5, 5.41) is 9.24. The van der Waals surface area contributed by atoms with Crippen molar-refractivity contribution >= 4 is 22.9 Å². The highest BCUT2D eigenvalue weighted by atomic mass is 32.2. The van der Waals surface area contributed by atoms with Crippen LogP contribution in [0.2, 0.25) is 0 Å². The summed E-state index contributed by atoms with van der Waals surface area (Å²) in [6, 6.07) is 0. The third kappa shape index (κ3) is 3.68. The van der Waals surface area contributed by atoms with Crippen LogP contribution in [0, 0.1) is 0 Å². The predicted molar refractivity (Wildman–Crippen MR) is 71.5 cm³/mol. The first-order valence-corrected chi connectivity index (χ1v) is 7.69. The fourth-order valence-corrected chi connectivity index (χ4v) is 3.00. The fourth-order valence-electron chi connectivity index (χ4n) is 2.00. The number of nitrogens with zero attached hydrogens (tertiary/aromatic N) is 1. The first-order valence-electron chi connectivity index (χ1n) is 6.13. The van der Waals surface area contributed by atoms with Gasteiger partial charge in [-0.2, -0.15) is 0 Å². The van der Waals surface area contributed by atoms with Crippen LogP contribution >= 0.6 is 0 Å². The number of carboxylic acid groups (broad SMARTS) is 1. The molecule has 1 amide bonds. The molecule has 7 heteroatoms. The number of piperidine rings is 1. The quantitative estimate of drug-likeness (QED) is 0.827. The third-order valence-electron chi connectivity index (χ3n) is 3.16. The molecule has 19 heavy (non-hydrogen) atoms. The Kier molecular flexibility index (Phi) is 4.60. The smallest absolute Gasteiger partial charge is 0.410 e. The molecule has 0 bridgehead atoms. The average molecular weight is 291 g/mol. The minimum atomic E-state index is -1.47. The summed E-state index contributed by atoms with van der Waals surface area (Å²) in [5.74, 6) is -1.06. The monoisotopic (exact) mass is 291 g/mol. The van der Waals surface area contributed by atoms with Gasteiger partial charge in [-0.15, -0.1) is 0 Å². The normalized spacial score (nSPS) is 20.7. The summed E-state index contributed by atoms with van der Waals surface area (Å²) < 4.78 is 15.7. The van der Waals surface area contributed by atoms with Gasteiger partial charge in [0.15, 0.2) is 0 Å². The molecule has 1 aliphatic heterocycles. The maximum atomic E-state index is 11.8. The molecule has 1 atom stereocenters. The summed E-state index contributed by atoms with van der Waals surface area (Å²) in [6.45, 7) is 5.83. The van der Waals surface area contributed by atoms with Gasteiger partial charge in [-0.05, 0) is 33.6 Å². The van der Waals surface area contributed by atoms with Crippen molar-refractivity contribution in [2.24, 2.45) is 0 Å². The summed E-state index contributed by atoms with van der Waals surface area (Å²) in [6.07, 6.45) is 1.32. The van der Waals surface area contributed by atoms with E-state index in [2.05, 4.69) is 0 Å². The van der Waals surface area contributed by atoms with Gasteiger partial charge in [0.05, 0.1) is 0 Å². The van der Waals surface area contributed by atoms with Crippen LogP contribution in [0.25, 0.3) is 0 Å². The molecule has 0 aliphatic carbocycles. The zero-order valence-corrected chi connectivity index (χ0v) is 12.6. The maximum Gasteiger partial charge on any atom is 0.410 e. The van der Waals surface area contributed by atoms with Crippen LogP contribution in [0.3, 0.4) is 0 Å². The molecule has 0 radical (unpaired) electrons. The summed E-state index contributed by atoms with van der Waals surface area (Å²) in [7, 11) is -1.47. The standard InChI is InChI=1S/C12H21NO5S/c1-11(2,3)18-10(16)13-7-5-12(6-8-13,9(14)15)19(4)17/h5-8H2,1-4H3,(H,14,15). The SMILES string of the molecule is CS(=O)C1(C(=O)O)CCN(C(=O)OC(C)(C)C)CC1. The Balaban J connectivity index is 2.69. The largest absolute Gasteiger partial charge is 0.480 e. The molecule has 6 nitrogen and oxygen atoms in total. The number of likely N-dealkylation sites (tertiary alicyclic amines) is 1. The summed E-state index contributed by atoms with van der Waals surface area (Å²) in [4.78, 5) is 24.6. The number of carbonyl (C=O) groups excluding carboxylic acids is 1.